The van der Waals surface area contributed by atoms with Crippen LogP contribution in [0, 0.1) is 6.92 Å². The fourth-order valence-corrected chi connectivity index (χ4v) is 3.91. The molecule has 3 N–H and O–H groups in total. The van der Waals surface area contributed by atoms with Crippen molar-refractivity contribution in [2.75, 3.05) is 19.6 Å². The number of carbonyl (C=O) groups excluding carboxylic acids is 2. The van der Waals surface area contributed by atoms with Gasteiger partial charge in [-0.2, -0.15) is 0 Å². The number of amides is 2. The van der Waals surface area contributed by atoms with Gasteiger partial charge in [-0.05, 0) is 44.5 Å². The van der Waals surface area contributed by atoms with E-state index in [0.29, 0.717) is 24.7 Å². The molecule has 1 aliphatic rings. The Morgan fingerprint density at radius 3 is 2.73 bits per heavy atom. The smallest absolute Gasteiger partial charge is 0.236 e. The number of aromatic nitrogens is 1. The number of fused-ring (bicyclic) bond motifs is 1. The number of H-pyrrole nitrogens is 1. The van der Waals surface area contributed by atoms with Crippen molar-refractivity contribution in [2.24, 2.45) is 5.73 Å². The SMILES string of the molecule is Cc1[nH]c2ccc(Cl)cc2c1CC(=O)N1CCN(C(C)C)[C@H](C(N)=O)C1. The number of carbonyl (C=O) groups is 2. The van der Waals surface area contributed by atoms with Gasteiger partial charge in [0.25, 0.3) is 0 Å². The summed E-state index contributed by atoms with van der Waals surface area (Å²) in [5.74, 6) is -0.380. The van der Waals surface area contributed by atoms with E-state index >= 15 is 0 Å². The van der Waals surface area contributed by atoms with Crippen LogP contribution in [-0.4, -0.2) is 58.3 Å². The molecule has 0 unspecified atom stereocenters. The molecule has 0 saturated carbocycles. The lowest BCUT2D eigenvalue weighted by Crippen LogP contribution is -2.61. The Kier molecular flexibility index (Phi) is 5.25. The number of hydrogen-bond acceptors (Lipinski definition) is 3. The number of benzene rings is 1. The van der Waals surface area contributed by atoms with Crippen molar-refractivity contribution >= 4 is 34.3 Å². The van der Waals surface area contributed by atoms with Gasteiger partial charge in [0.1, 0.15) is 6.04 Å². The van der Waals surface area contributed by atoms with Gasteiger partial charge in [0.2, 0.25) is 11.8 Å². The van der Waals surface area contributed by atoms with Gasteiger partial charge >= 0.3 is 0 Å². The van der Waals surface area contributed by atoms with Gasteiger partial charge in [0.05, 0.1) is 6.42 Å². The standard InChI is InChI=1S/C19H25ClN4O2/c1-11(2)24-7-6-23(10-17(24)19(21)26)18(25)9-14-12(3)22-16-5-4-13(20)8-15(14)16/h4-5,8,11,17,22H,6-7,9-10H2,1-3H3,(H2,21,26)/t17-/m0/s1. The molecule has 0 aliphatic carbocycles. The van der Waals surface area contributed by atoms with Gasteiger partial charge < -0.3 is 15.6 Å². The van der Waals surface area contributed by atoms with E-state index in [2.05, 4.69) is 9.88 Å². The van der Waals surface area contributed by atoms with Gasteiger partial charge in [-0.15, -0.1) is 0 Å². The predicted octanol–water partition coefficient (Wildman–Crippen LogP) is 2.08. The monoisotopic (exact) mass is 376 g/mol. The minimum absolute atomic E-state index is 0.00336. The number of nitrogens with two attached hydrogens (primary N) is 1. The van der Waals surface area contributed by atoms with Crippen molar-refractivity contribution in [2.45, 2.75) is 39.3 Å². The number of rotatable bonds is 4. The summed E-state index contributed by atoms with van der Waals surface area (Å²) in [4.78, 5) is 31.8. The molecule has 2 heterocycles. The number of nitrogens with zero attached hydrogens (tertiary/aromatic N) is 2. The zero-order valence-corrected chi connectivity index (χ0v) is 16.1. The molecule has 1 atom stereocenters. The number of halogens is 1. The molecule has 0 bridgehead atoms. The summed E-state index contributed by atoms with van der Waals surface area (Å²) in [5.41, 5.74) is 8.45. The lowest BCUT2D eigenvalue weighted by atomic mass is 10.0. The van der Waals surface area contributed by atoms with Crippen LogP contribution in [-0.2, 0) is 16.0 Å². The molecule has 1 aromatic carbocycles. The van der Waals surface area contributed by atoms with Crippen LogP contribution in [0.1, 0.15) is 25.1 Å². The van der Waals surface area contributed by atoms with Crippen molar-refractivity contribution < 1.29 is 9.59 Å². The molecule has 140 valence electrons. The summed E-state index contributed by atoms with van der Waals surface area (Å²) in [5, 5.41) is 1.61. The van der Waals surface area contributed by atoms with Crippen LogP contribution < -0.4 is 5.73 Å². The maximum absolute atomic E-state index is 12.9. The van der Waals surface area contributed by atoms with Crippen LogP contribution in [0.2, 0.25) is 5.02 Å². The molecule has 2 amide bonds. The fourth-order valence-electron chi connectivity index (χ4n) is 3.74. The second-order valence-corrected chi connectivity index (χ2v) is 7.62. The minimum Gasteiger partial charge on any atom is -0.368 e. The molecule has 1 aromatic heterocycles. The van der Waals surface area contributed by atoms with Crippen molar-refractivity contribution in [3.63, 3.8) is 0 Å². The largest absolute Gasteiger partial charge is 0.368 e. The van der Waals surface area contributed by atoms with Crippen molar-refractivity contribution in [3.05, 3.63) is 34.5 Å². The Bertz CT molecular complexity index is 845. The Morgan fingerprint density at radius 1 is 1.35 bits per heavy atom. The summed E-state index contributed by atoms with van der Waals surface area (Å²) < 4.78 is 0. The van der Waals surface area contributed by atoms with E-state index in [1.165, 1.54) is 0 Å². The van der Waals surface area contributed by atoms with E-state index in [1.54, 1.807) is 4.90 Å². The summed E-state index contributed by atoms with van der Waals surface area (Å²) in [7, 11) is 0. The van der Waals surface area contributed by atoms with Crippen LogP contribution in [0.15, 0.2) is 18.2 Å². The fraction of sp³-hybridized carbons (Fsp3) is 0.474. The van der Waals surface area contributed by atoms with Gasteiger partial charge in [0, 0.05) is 47.3 Å². The molecule has 1 aliphatic heterocycles. The zero-order valence-electron chi connectivity index (χ0n) is 15.4. The molecule has 1 saturated heterocycles. The quantitative estimate of drug-likeness (QED) is 0.857. The van der Waals surface area contributed by atoms with Gasteiger partial charge in [-0.3, -0.25) is 14.5 Å². The maximum Gasteiger partial charge on any atom is 0.236 e. The molecule has 0 spiro atoms. The van der Waals surface area contributed by atoms with E-state index in [0.717, 1.165) is 22.2 Å². The minimum atomic E-state index is -0.439. The van der Waals surface area contributed by atoms with Crippen molar-refractivity contribution in [3.8, 4) is 0 Å². The van der Waals surface area contributed by atoms with Crippen LogP contribution in [0.4, 0.5) is 0 Å². The Labute approximate surface area is 158 Å². The van der Waals surface area contributed by atoms with E-state index in [9.17, 15) is 9.59 Å². The summed E-state index contributed by atoms with van der Waals surface area (Å²) in [6.45, 7) is 7.62. The van der Waals surface area contributed by atoms with E-state index in [4.69, 9.17) is 17.3 Å². The molecular weight excluding hydrogens is 352 g/mol. The molecule has 0 radical (unpaired) electrons. The molecule has 3 rings (SSSR count). The molecular formula is C19H25ClN4O2. The average molecular weight is 377 g/mol. The third-order valence-corrected chi connectivity index (χ3v) is 5.41. The van der Waals surface area contributed by atoms with Crippen LogP contribution >= 0.6 is 11.6 Å². The number of piperazine rings is 1. The van der Waals surface area contributed by atoms with Crippen molar-refractivity contribution in [1.82, 2.24) is 14.8 Å². The predicted molar refractivity (Wildman–Crippen MR) is 103 cm³/mol. The lowest BCUT2D eigenvalue weighted by Gasteiger charge is -2.42. The van der Waals surface area contributed by atoms with E-state index in [1.807, 2.05) is 39.0 Å². The van der Waals surface area contributed by atoms with Gasteiger partial charge in [-0.25, -0.2) is 0 Å². The number of nitrogens with one attached hydrogen (secondary N) is 1. The van der Waals surface area contributed by atoms with Gasteiger partial charge in [0.15, 0.2) is 0 Å². The Balaban J connectivity index is 1.80. The first-order chi connectivity index (χ1) is 12.3. The summed E-state index contributed by atoms with van der Waals surface area (Å²) in [6, 6.07) is 5.40. The second kappa shape index (κ2) is 7.29. The second-order valence-electron chi connectivity index (χ2n) is 7.18. The summed E-state index contributed by atoms with van der Waals surface area (Å²) >= 11 is 6.12. The first-order valence-electron chi connectivity index (χ1n) is 8.87. The number of aromatic amines is 1. The number of hydrogen-bond donors (Lipinski definition) is 2. The Morgan fingerprint density at radius 2 is 2.08 bits per heavy atom. The van der Waals surface area contributed by atoms with Crippen LogP contribution in [0.5, 0.6) is 0 Å². The van der Waals surface area contributed by atoms with E-state index < -0.39 is 6.04 Å². The highest BCUT2D eigenvalue weighted by Gasteiger charge is 2.34. The number of aryl methyl sites for hydroxylation is 1. The molecule has 6 nitrogen and oxygen atoms in total. The first kappa shape index (κ1) is 18.7. The molecule has 2 aromatic rings. The highest BCUT2D eigenvalue weighted by atomic mass is 35.5. The lowest BCUT2D eigenvalue weighted by molar-refractivity contribution is -0.137. The third kappa shape index (κ3) is 3.57. The molecule has 7 heteroatoms. The maximum atomic E-state index is 12.9. The number of primary amides is 1. The summed E-state index contributed by atoms with van der Waals surface area (Å²) in [6.07, 6.45) is 0.277. The first-order valence-corrected chi connectivity index (χ1v) is 9.25. The average Bonchev–Trinajstić information content (AvgIpc) is 2.89. The highest BCUT2D eigenvalue weighted by molar-refractivity contribution is 6.31. The third-order valence-electron chi connectivity index (χ3n) is 5.18. The van der Waals surface area contributed by atoms with E-state index in [-0.39, 0.29) is 24.3 Å². The van der Waals surface area contributed by atoms with Crippen molar-refractivity contribution in [1.29, 1.82) is 0 Å². The topological polar surface area (TPSA) is 82.4 Å². The molecule has 1 fully saturated rings. The normalized spacial score (nSPS) is 18.7. The zero-order chi connectivity index (χ0) is 19.0. The molecule has 26 heavy (non-hydrogen) atoms. The Hall–Kier alpha value is -2.05. The van der Waals surface area contributed by atoms with Crippen LogP contribution in [0.25, 0.3) is 10.9 Å². The van der Waals surface area contributed by atoms with Crippen LogP contribution in [0.3, 0.4) is 0 Å². The van der Waals surface area contributed by atoms with Gasteiger partial charge in [-0.1, -0.05) is 11.6 Å². The highest BCUT2D eigenvalue weighted by Crippen LogP contribution is 2.26.